The number of amides is 2. The smallest absolute Gasteiger partial charge is 0.355 e. The highest BCUT2D eigenvalue weighted by Crippen LogP contribution is 2.27. The summed E-state index contributed by atoms with van der Waals surface area (Å²) in [5.74, 6) is -1.19. The van der Waals surface area contributed by atoms with Crippen molar-refractivity contribution in [3.05, 3.63) is 51.3 Å². The van der Waals surface area contributed by atoms with Gasteiger partial charge in [-0.15, -0.1) is 0 Å². The summed E-state index contributed by atoms with van der Waals surface area (Å²) in [4.78, 5) is 35.6. The Balaban J connectivity index is 1.56. The molecule has 0 saturated carbocycles. The van der Waals surface area contributed by atoms with Gasteiger partial charge in [0.2, 0.25) is 5.91 Å². The van der Waals surface area contributed by atoms with Crippen LogP contribution in [0.25, 0.3) is 0 Å². The molecule has 0 spiro atoms. The Morgan fingerprint density at radius 3 is 2.74 bits per heavy atom. The van der Waals surface area contributed by atoms with Crippen LogP contribution >= 0.6 is 23.2 Å². The number of esters is 1. The highest BCUT2D eigenvalue weighted by Gasteiger charge is 2.21. The van der Waals surface area contributed by atoms with Gasteiger partial charge in [0.15, 0.2) is 6.61 Å². The SMILES string of the molecule is C[C@@H](NC(=O)COC(=O)c1cc(Cl)c(Cl)n1C)c1ccc2c(c1)CC(=O)N2. The van der Waals surface area contributed by atoms with E-state index in [4.69, 9.17) is 27.9 Å². The molecular weight excluding hydrogens is 393 g/mol. The normalized spacial score (nSPS) is 13.7. The van der Waals surface area contributed by atoms with Crippen LogP contribution in [-0.4, -0.2) is 29.0 Å². The van der Waals surface area contributed by atoms with Crippen LogP contribution in [0.5, 0.6) is 0 Å². The highest BCUT2D eigenvalue weighted by molar-refractivity contribution is 6.41. The first-order valence-corrected chi connectivity index (χ1v) is 8.91. The summed E-state index contributed by atoms with van der Waals surface area (Å²) < 4.78 is 6.40. The molecule has 1 aromatic heterocycles. The first kappa shape index (κ1) is 19.3. The van der Waals surface area contributed by atoms with Crippen LogP contribution in [0.4, 0.5) is 5.69 Å². The second-order valence-corrected chi connectivity index (χ2v) is 7.00. The summed E-state index contributed by atoms with van der Waals surface area (Å²) in [5, 5.41) is 5.96. The van der Waals surface area contributed by atoms with Crippen molar-refractivity contribution in [3.8, 4) is 0 Å². The first-order valence-electron chi connectivity index (χ1n) is 8.16. The number of hydrogen-bond donors (Lipinski definition) is 2. The molecule has 2 N–H and O–H groups in total. The van der Waals surface area contributed by atoms with E-state index in [1.54, 1.807) is 13.1 Å². The molecule has 0 saturated heterocycles. The van der Waals surface area contributed by atoms with Crippen molar-refractivity contribution in [1.29, 1.82) is 0 Å². The zero-order valence-electron chi connectivity index (χ0n) is 14.6. The fourth-order valence-electron chi connectivity index (χ4n) is 2.83. The lowest BCUT2D eigenvalue weighted by Crippen LogP contribution is -2.31. The molecule has 27 heavy (non-hydrogen) atoms. The highest BCUT2D eigenvalue weighted by atomic mass is 35.5. The van der Waals surface area contributed by atoms with Crippen molar-refractivity contribution in [2.24, 2.45) is 7.05 Å². The van der Waals surface area contributed by atoms with Gasteiger partial charge in [-0.3, -0.25) is 9.59 Å². The number of carbonyl (C=O) groups is 3. The van der Waals surface area contributed by atoms with Gasteiger partial charge >= 0.3 is 5.97 Å². The maximum Gasteiger partial charge on any atom is 0.355 e. The van der Waals surface area contributed by atoms with E-state index in [9.17, 15) is 14.4 Å². The second kappa shape index (κ2) is 7.62. The zero-order valence-corrected chi connectivity index (χ0v) is 16.1. The van der Waals surface area contributed by atoms with Gasteiger partial charge < -0.3 is 19.9 Å². The van der Waals surface area contributed by atoms with Gasteiger partial charge in [0.1, 0.15) is 10.8 Å². The Labute approximate surface area is 165 Å². The van der Waals surface area contributed by atoms with E-state index in [2.05, 4.69) is 10.6 Å². The molecule has 2 aromatic rings. The zero-order chi connectivity index (χ0) is 19.7. The number of nitrogens with zero attached hydrogens (tertiary/aromatic N) is 1. The van der Waals surface area contributed by atoms with Crippen LogP contribution in [0.2, 0.25) is 10.2 Å². The number of hydrogen-bond acceptors (Lipinski definition) is 4. The van der Waals surface area contributed by atoms with Gasteiger partial charge in [-0.25, -0.2) is 4.79 Å². The Hall–Kier alpha value is -2.51. The number of ether oxygens (including phenoxy) is 1. The maximum atomic E-state index is 12.1. The minimum Gasteiger partial charge on any atom is -0.451 e. The van der Waals surface area contributed by atoms with Crippen molar-refractivity contribution in [1.82, 2.24) is 9.88 Å². The third-order valence-electron chi connectivity index (χ3n) is 4.29. The topological polar surface area (TPSA) is 89.4 Å². The first-order chi connectivity index (χ1) is 12.8. The molecule has 1 atom stereocenters. The number of aromatic nitrogens is 1. The van der Waals surface area contributed by atoms with Gasteiger partial charge in [0.05, 0.1) is 17.5 Å². The number of anilines is 1. The Morgan fingerprint density at radius 1 is 1.33 bits per heavy atom. The van der Waals surface area contributed by atoms with E-state index in [-0.39, 0.29) is 27.8 Å². The summed E-state index contributed by atoms with van der Waals surface area (Å²) in [6.45, 7) is 1.37. The molecule has 7 nitrogen and oxygen atoms in total. The van der Waals surface area contributed by atoms with Crippen LogP contribution in [0.1, 0.15) is 34.6 Å². The van der Waals surface area contributed by atoms with Crippen LogP contribution in [0.15, 0.2) is 24.3 Å². The lowest BCUT2D eigenvalue weighted by molar-refractivity contribution is -0.124. The molecule has 1 aliphatic heterocycles. The predicted octanol–water partition coefficient (Wildman–Crippen LogP) is 2.86. The average molecular weight is 410 g/mol. The molecule has 9 heteroatoms. The van der Waals surface area contributed by atoms with E-state index in [1.165, 1.54) is 10.6 Å². The summed E-state index contributed by atoms with van der Waals surface area (Å²) >= 11 is 11.8. The number of carbonyl (C=O) groups excluding carboxylic acids is 3. The molecule has 0 radical (unpaired) electrons. The lowest BCUT2D eigenvalue weighted by Gasteiger charge is -2.15. The molecule has 142 valence electrons. The van der Waals surface area contributed by atoms with Crippen LogP contribution < -0.4 is 10.6 Å². The summed E-state index contributed by atoms with van der Waals surface area (Å²) in [7, 11) is 1.57. The summed E-state index contributed by atoms with van der Waals surface area (Å²) in [5.41, 5.74) is 2.69. The monoisotopic (exact) mass is 409 g/mol. The number of halogens is 2. The van der Waals surface area contributed by atoms with Gasteiger partial charge in [-0.2, -0.15) is 0 Å². The molecule has 0 unspecified atom stereocenters. The van der Waals surface area contributed by atoms with Crippen molar-refractivity contribution in [2.75, 3.05) is 11.9 Å². The molecule has 0 fully saturated rings. The summed E-state index contributed by atoms with van der Waals surface area (Å²) in [6, 6.07) is 6.58. The Morgan fingerprint density at radius 2 is 2.07 bits per heavy atom. The minimum absolute atomic E-state index is 0.0494. The molecule has 2 heterocycles. The van der Waals surface area contributed by atoms with Crippen molar-refractivity contribution in [2.45, 2.75) is 19.4 Å². The molecule has 0 bridgehead atoms. The molecule has 0 aliphatic carbocycles. The van der Waals surface area contributed by atoms with E-state index >= 15 is 0 Å². The van der Waals surface area contributed by atoms with Gasteiger partial charge in [0.25, 0.3) is 5.91 Å². The number of benzene rings is 1. The molecule has 1 aliphatic rings. The number of nitrogens with one attached hydrogen (secondary N) is 2. The van der Waals surface area contributed by atoms with Crippen LogP contribution in [-0.2, 0) is 27.8 Å². The van der Waals surface area contributed by atoms with E-state index in [0.29, 0.717) is 6.42 Å². The number of fused-ring (bicyclic) bond motifs is 1. The fourth-order valence-corrected chi connectivity index (χ4v) is 3.20. The van der Waals surface area contributed by atoms with E-state index in [0.717, 1.165) is 16.8 Å². The number of rotatable bonds is 5. The molecule has 3 rings (SSSR count). The van der Waals surface area contributed by atoms with Gasteiger partial charge in [-0.1, -0.05) is 35.3 Å². The summed E-state index contributed by atoms with van der Waals surface area (Å²) in [6.07, 6.45) is 0.323. The largest absolute Gasteiger partial charge is 0.451 e. The van der Waals surface area contributed by atoms with Crippen LogP contribution in [0, 0.1) is 0 Å². The third-order valence-corrected chi connectivity index (χ3v) is 5.13. The molecule has 1 aromatic carbocycles. The molecule has 2 amide bonds. The Kier molecular flexibility index (Phi) is 5.43. The van der Waals surface area contributed by atoms with Crippen molar-refractivity contribution < 1.29 is 19.1 Å². The van der Waals surface area contributed by atoms with E-state index < -0.39 is 18.5 Å². The van der Waals surface area contributed by atoms with Crippen molar-refractivity contribution >= 4 is 46.7 Å². The van der Waals surface area contributed by atoms with Gasteiger partial charge in [0, 0.05) is 12.7 Å². The maximum absolute atomic E-state index is 12.1. The third kappa shape index (κ3) is 4.09. The molecular formula is C18H17Cl2N3O4. The van der Waals surface area contributed by atoms with Crippen molar-refractivity contribution in [3.63, 3.8) is 0 Å². The van der Waals surface area contributed by atoms with E-state index in [1.807, 2.05) is 19.1 Å². The lowest BCUT2D eigenvalue weighted by atomic mass is 10.0. The second-order valence-electron chi connectivity index (χ2n) is 6.23. The predicted molar refractivity (Wildman–Crippen MR) is 101 cm³/mol. The average Bonchev–Trinajstić information content (AvgIpc) is 3.12. The standard InChI is InChI=1S/C18H17Cl2N3O4/c1-9(10-3-4-13-11(5-10)6-15(24)22-13)21-16(25)8-27-18(26)14-7-12(19)17(20)23(14)2/h3-5,7,9H,6,8H2,1-2H3,(H,21,25)(H,22,24)/t9-/m1/s1. The van der Waals surface area contributed by atoms with Crippen LogP contribution in [0.3, 0.4) is 0 Å². The van der Waals surface area contributed by atoms with Gasteiger partial charge in [-0.05, 0) is 30.2 Å². The fraction of sp³-hybridized carbons (Fsp3) is 0.278. The minimum atomic E-state index is -0.698. The quantitative estimate of drug-likeness (QED) is 0.742. The Bertz CT molecular complexity index is 939.